The Morgan fingerprint density at radius 2 is 1.31 bits per heavy atom. The van der Waals surface area contributed by atoms with Gasteiger partial charge >= 0.3 is 0 Å². The Hall–Kier alpha value is -6.52. The normalized spacial score (nSPS) is 16.5. The van der Waals surface area contributed by atoms with Crippen molar-refractivity contribution in [1.82, 2.24) is 9.13 Å². The number of hydrogen-bond acceptors (Lipinski definition) is 2. The Kier molecular flexibility index (Phi) is 6.87. The van der Waals surface area contributed by atoms with Crippen molar-refractivity contribution in [2.45, 2.75) is 56.8 Å². The maximum Gasteiger partial charge on any atom is 0.153 e. The number of nitrogens with zero attached hydrogens (tertiary/aromatic N) is 2. The predicted octanol–water partition coefficient (Wildman–Crippen LogP) is 13.7. The van der Waals surface area contributed by atoms with Crippen molar-refractivity contribution in [1.29, 1.82) is 0 Å². The van der Waals surface area contributed by atoms with Crippen molar-refractivity contribution >= 4 is 55.9 Å². The first-order valence-corrected chi connectivity index (χ1v) is 21.2. The van der Waals surface area contributed by atoms with Crippen LogP contribution in [0.25, 0.3) is 78.4 Å². The van der Waals surface area contributed by atoms with Crippen LogP contribution >= 0.6 is 0 Å². The van der Waals surface area contributed by atoms with Gasteiger partial charge in [0.2, 0.25) is 0 Å². The van der Waals surface area contributed by atoms with Gasteiger partial charge in [0.15, 0.2) is 5.75 Å². The zero-order valence-electron chi connectivity index (χ0n) is 32.4. The van der Waals surface area contributed by atoms with Crippen LogP contribution in [0, 0.1) is 0 Å². The molecule has 9 aromatic rings. The van der Waals surface area contributed by atoms with Crippen LogP contribution in [0.3, 0.4) is 0 Å². The molecule has 6 aromatic carbocycles. The molecule has 0 unspecified atom stereocenters. The molecule has 0 amide bonds. The molecule has 4 aliphatic rings. The lowest BCUT2D eigenvalue weighted by Crippen LogP contribution is -2.30. The average Bonchev–Trinajstić information content (AvgIpc) is 4.03. The molecular formula is C54H42N2O2. The van der Waals surface area contributed by atoms with E-state index in [4.69, 9.17) is 9.15 Å². The van der Waals surface area contributed by atoms with Crippen molar-refractivity contribution in [3.63, 3.8) is 0 Å². The number of para-hydroxylation sites is 1. The minimum atomic E-state index is -0.0839. The summed E-state index contributed by atoms with van der Waals surface area (Å²) in [5, 5.41) is 4.82. The number of furan rings is 1. The first-order chi connectivity index (χ1) is 28.7. The fourth-order valence-corrected chi connectivity index (χ4v) is 11.3. The van der Waals surface area contributed by atoms with Crippen LogP contribution in [-0.2, 0) is 18.3 Å². The predicted molar refractivity (Wildman–Crippen MR) is 238 cm³/mol. The smallest absolute Gasteiger partial charge is 0.153 e. The van der Waals surface area contributed by atoms with Crippen molar-refractivity contribution < 1.29 is 9.15 Å². The van der Waals surface area contributed by atoms with E-state index in [1.807, 2.05) is 12.1 Å². The summed E-state index contributed by atoms with van der Waals surface area (Å²) in [6, 6.07) is 45.7. The molecule has 1 aliphatic heterocycles. The average molecular weight is 751 g/mol. The van der Waals surface area contributed by atoms with E-state index in [2.05, 4.69) is 143 Å². The highest BCUT2D eigenvalue weighted by atomic mass is 16.5. The van der Waals surface area contributed by atoms with Gasteiger partial charge in [-0.15, -0.1) is 0 Å². The number of rotatable bonds is 4. The zero-order chi connectivity index (χ0) is 38.0. The summed E-state index contributed by atoms with van der Waals surface area (Å²) in [7, 11) is 0. The number of allylic oxidation sites excluding steroid dienone is 1. The van der Waals surface area contributed by atoms with Crippen molar-refractivity contribution in [3.8, 4) is 28.3 Å². The summed E-state index contributed by atoms with van der Waals surface area (Å²) in [4.78, 5) is 0. The third kappa shape index (κ3) is 4.57. The van der Waals surface area contributed by atoms with Gasteiger partial charge in [-0.2, -0.15) is 0 Å². The van der Waals surface area contributed by atoms with Gasteiger partial charge in [0.05, 0.1) is 16.7 Å². The minimum Gasteiger partial charge on any atom is -0.487 e. The molecule has 280 valence electrons. The first kappa shape index (κ1) is 32.6. The van der Waals surface area contributed by atoms with Gasteiger partial charge in [0, 0.05) is 49.6 Å². The quantitative estimate of drug-likeness (QED) is 0.179. The largest absolute Gasteiger partial charge is 0.487 e. The van der Waals surface area contributed by atoms with Crippen LogP contribution in [0.1, 0.15) is 77.7 Å². The molecule has 4 heteroatoms. The fourth-order valence-electron chi connectivity index (χ4n) is 11.3. The second-order valence-corrected chi connectivity index (χ2v) is 17.0. The van der Waals surface area contributed by atoms with Crippen molar-refractivity contribution in [2.75, 3.05) is 6.61 Å². The van der Waals surface area contributed by atoms with E-state index in [1.165, 1.54) is 91.4 Å². The van der Waals surface area contributed by atoms with Gasteiger partial charge in [-0.25, -0.2) is 0 Å². The molecule has 0 saturated heterocycles. The van der Waals surface area contributed by atoms with E-state index < -0.39 is 0 Å². The van der Waals surface area contributed by atoms with Crippen LogP contribution in [0.15, 0.2) is 138 Å². The van der Waals surface area contributed by atoms with Crippen LogP contribution in [0.4, 0.5) is 0 Å². The highest BCUT2D eigenvalue weighted by molar-refractivity contribution is 6.06. The SMILES string of the molecule is C1=Cc2c(n(-c3ccc4c(c3)-c3ccccc3C4)c3ccc(C4(c5ccc6c(c5)c5c(n6-c6ccc7oc8ccccc8c7c6)C=CCO5)CCCCC4)cc23)CC1. The molecule has 3 aliphatic carbocycles. The summed E-state index contributed by atoms with van der Waals surface area (Å²) in [6.07, 6.45) is 18.3. The molecule has 13 rings (SSSR count). The van der Waals surface area contributed by atoms with Crippen LogP contribution in [-0.4, -0.2) is 15.7 Å². The summed E-state index contributed by atoms with van der Waals surface area (Å²) in [5.41, 5.74) is 19.0. The second kappa shape index (κ2) is 12.2. The van der Waals surface area contributed by atoms with Crippen LogP contribution in [0.2, 0.25) is 0 Å². The van der Waals surface area contributed by atoms with E-state index in [9.17, 15) is 0 Å². The number of aromatic nitrogens is 2. The van der Waals surface area contributed by atoms with E-state index in [0.717, 1.165) is 71.2 Å². The molecule has 0 bridgehead atoms. The van der Waals surface area contributed by atoms with Gasteiger partial charge in [0.25, 0.3) is 0 Å². The Morgan fingerprint density at radius 3 is 2.22 bits per heavy atom. The molecule has 3 aromatic heterocycles. The molecule has 0 atom stereocenters. The summed E-state index contributed by atoms with van der Waals surface area (Å²) < 4.78 is 17.7. The topological polar surface area (TPSA) is 32.2 Å². The Labute approximate surface area is 337 Å². The number of benzene rings is 6. The van der Waals surface area contributed by atoms with Crippen LogP contribution in [0.5, 0.6) is 5.75 Å². The molecule has 4 heterocycles. The highest BCUT2D eigenvalue weighted by Gasteiger charge is 2.37. The number of ether oxygens (including phenoxy) is 1. The maximum absolute atomic E-state index is 6.54. The van der Waals surface area contributed by atoms with E-state index in [0.29, 0.717) is 6.61 Å². The highest BCUT2D eigenvalue weighted by Crippen LogP contribution is 2.50. The fraction of sp³-hybridized carbons (Fsp3) is 0.185. The molecule has 0 spiro atoms. The van der Waals surface area contributed by atoms with Crippen LogP contribution < -0.4 is 4.74 Å². The molecule has 1 fully saturated rings. The summed E-state index contributed by atoms with van der Waals surface area (Å²) in [6.45, 7) is 0.579. The van der Waals surface area contributed by atoms with Gasteiger partial charge in [-0.3, -0.25) is 0 Å². The maximum atomic E-state index is 6.54. The Balaban J connectivity index is 0.969. The van der Waals surface area contributed by atoms with Crippen molar-refractivity contribution in [2.24, 2.45) is 0 Å². The van der Waals surface area contributed by atoms with Gasteiger partial charge in [-0.05, 0) is 138 Å². The third-order valence-corrected chi connectivity index (χ3v) is 14.0. The van der Waals surface area contributed by atoms with Gasteiger partial charge < -0.3 is 18.3 Å². The molecule has 58 heavy (non-hydrogen) atoms. The Bertz CT molecular complexity index is 3250. The molecule has 0 N–H and O–H groups in total. The standard InChI is InChI=1S/C54H42N2O2/c1-8-26-54(27-9-1,36-19-23-48-44(30-36)41-13-4-6-15-47(41)55(48)38-21-18-35-29-34-11-2-3-12-40(34)43(35)32-38)37-20-24-49-46(31-37)53-50(16-10-28-57-53)56(49)39-22-25-52-45(33-39)42-14-5-7-17-51(42)58-52/h2-5,7,10-14,16-25,30-33H,1,6,8-9,15,26-29H2. The summed E-state index contributed by atoms with van der Waals surface area (Å²) >= 11 is 0. The monoisotopic (exact) mass is 750 g/mol. The van der Waals surface area contributed by atoms with Gasteiger partial charge in [0.1, 0.15) is 17.8 Å². The van der Waals surface area contributed by atoms with Crippen molar-refractivity contribution in [3.05, 3.63) is 173 Å². The minimum absolute atomic E-state index is 0.0839. The number of fused-ring (bicyclic) bond motifs is 12. The van der Waals surface area contributed by atoms with Gasteiger partial charge in [-0.1, -0.05) is 92.1 Å². The lowest BCUT2D eigenvalue weighted by molar-refractivity contribution is 0.346. The first-order valence-electron chi connectivity index (χ1n) is 21.2. The number of hydrogen-bond donors (Lipinski definition) is 0. The molecule has 4 nitrogen and oxygen atoms in total. The van der Waals surface area contributed by atoms with E-state index >= 15 is 0 Å². The lowest BCUT2D eigenvalue weighted by atomic mass is 9.65. The molecule has 1 saturated carbocycles. The lowest BCUT2D eigenvalue weighted by Gasteiger charge is -2.39. The molecule has 0 radical (unpaired) electrons. The van der Waals surface area contributed by atoms with E-state index in [-0.39, 0.29) is 5.41 Å². The molecular weight excluding hydrogens is 709 g/mol. The summed E-state index contributed by atoms with van der Waals surface area (Å²) in [5.74, 6) is 0.978. The van der Waals surface area contributed by atoms with E-state index in [1.54, 1.807) is 0 Å². The zero-order valence-corrected chi connectivity index (χ0v) is 32.4. The third-order valence-electron chi connectivity index (χ3n) is 14.0. The Morgan fingerprint density at radius 1 is 0.552 bits per heavy atom. The second-order valence-electron chi connectivity index (χ2n) is 17.0.